The number of hydrogen-bond donors (Lipinski definition) is 0. The minimum Gasteiger partial charge on any atom is -0.487 e. The van der Waals surface area contributed by atoms with E-state index in [-0.39, 0.29) is 12.5 Å². The van der Waals surface area contributed by atoms with E-state index in [1.54, 1.807) is 67.7 Å². The molecule has 0 bridgehead atoms. The molecule has 0 saturated carbocycles. The summed E-state index contributed by atoms with van der Waals surface area (Å²) < 4.78 is 10.5. The van der Waals surface area contributed by atoms with E-state index in [0.29, 0.717) is 42.1 Å². The number of ether oxygens (including phenoxy) is 2. The van der Waals surface area contributed by atoms with E-state index < -0.39 is 5.97 Å². The number of hydrogen-bond acceptors (Lipinski definition) is 6. The summed E-state index contributed by atoms with van der Waals surface area (Å²) in [6, 6.07) is 17.1. The second-order valence-electron chi connectivity index (χ2n) is 7.62. The Balaban J connectivity index is 1.47. The summed E-state index contributed by atoms with van der Waals surface area (Å²) >= 11 is 19.8. The number of rotatable bonds is 6. The number of amidine groups is 1. The Kier molecular flexibility index (Phi) is 8.26. The van der Waals surface area contributed by atoms with Crippen molar-refractivity contribution in [2.24, 2.45) is 4.99 Å². The first kappa shape index (κ1) is 26.1. The van der Waals surface area contributed by atoms with Gasteiger partial charge < -0.3 is 9.47 Å². The van der Waals surface area contributed by atoms with E-state index in [2.05, 4.69) is 4.99 Å². The van der Waals surface area contributed by atoms with Crippen molar-refractivity contribution in [3.63, 3.8) is 0 Å². The molecule has 6 nitrogen and oxygen atoms in total. The number of carbonyl (C=O) groups is 2. The van der Waals surface area contributed by atoms with Gasteiger partial charge in [-0.1, -0.05) is 46.9 Å². The molecule has 10 heteroatoms. The maximum absolute atomic E-state index is 12.8. The first-order valence-electron chi connectivity index (χ1n) is 10.6. The highest BCUT2D eigenvalue weighted by atomic mass is 35.5. The topological polar surface area (TPSA) is 68.2 Å². The Morgan fingerprint density at radius 1 is 1.03 bits per heavy atom. The third-order valence-corrected chi connectivity index (χ3v) is 7.11. The van der Waals surface area contributed by atoms with E-state index in [1.165, 1.54) is 23.8 Å². The van der Waals surface area contributed by atoms with Gasteiger partial charge in [0.15, 0.2) is 5.17 Å². The number of amides is 1. The Labute approximate surface area is 227 Å². The van der Waals surface area contributed by atoms with Crippen LogP contribution in [0.25, 0.3) is 6.08 Å². The van der Waals surface area contributed by atoms with Gasteiger partial charge in [-0.3, -0.25) is 9.69 Å². The lowest BCUT2D eigenvalue weighted by Crippen LogP contribution is -2.23. The number of esters is 1. The zero-order valence-electron chi connectivity index (χ0n) is 19.1. The van der Waals surface area contributed by atoms with Crippen LogP contribution in [-0.4, -0.2) is 36.1 Å². The predicted molar refractivity (Wildman–Crippen MR) is 145 cm³/mol. The van der Waals surface area contributed by atoms with Gasteiger partial charge >= 0.3 is 5.97 Å². The molecule has 1 amide bonds. The number of aliphatic imine (C=N–C) groups is 1. The summed E-state index contributed by atoms with van der Waals surface area (Å²) in [6.45, 7) is 0.232. The van der Waals surface area contributed by atoms with Crippen LogP contribution < -0.4 is 4.74 Å². The fourth-order valence-electron chi connectivity index (χ4n) is 3.22. The van der Waals surface area contributed by atoms with Gasteiger partial charge in [0.05, 0.1) is 28.3 Å². The molecule has 4 rings (SSSR count). The second-order valence-corrected chi connectivity index (χ2v) is 9.88. The lowest BCUT2D eigenvalue weighted by molar-refractivity contribution is -0.121. The molecule has 1 aliphatic rings. The molecule has 3 aromatic rings. The van der Waals surface area contributed by atoms with Gasteiger partial charge in [-0.25, -0.2) is 9.79 Å². The molecule has 1 aliphatic heterocycles. The van der Waals surface area contributed by atoms with Crippen molar-refractivity contribution in [2.75, 3.05) is 14.2 Å². The molecular weight excluding hydrogens is 543 g/mol. The molecule has 184 valence electrons. The minimum atomic E-state index is -0.425. The highest BCUT2D eigenvalue weighted by molar-refractivity contribution is 8.18. The van der Waals surface area contributed by atoms with E-state index >= 15 is 0 Å². The summed E-state index contributed by atoms with van der Waals surface area (Å²) in [6.07, 6.45) is 1.75. The summed E-state index contributed by atoms with van der Waals surface area (Å²) in [5.41, 5.74) is 2.55. The number of carbonyl (C=O) groups excluding carboxylic acids is 2. The van der Waals surface area contributed by atoms with Gasteiger partial charge in [0.2, 0.25) is 0 Å². The Morgan fingerprint density at radius 2 is 1.78 bits per heavy atom. The first-order chi connectivity index (χ1) is 17.2. The van der Waals surface area contributed by atoms with Crippen LogP contribution in [0.5, 0.6) is 5.75 Å². The van der Waals surface area contributed by atoms with Crippen molar-refractivity contribution in [2.45, 2.75) is 6.61 Å². The highest BCUT2D eigenvalue weighted by Gasteiger charge is 2.30. The molecule has 0 radical (unpaired) electrons. The molecule has 0 unspecified atom stereocenters. The van der Waals surface area contributed by atoms with Crippen LogP contribution >= 0.6 is 46.6 Å². The van der Waals surface area contributed by atoms with Crippen LogP contribution in [0.15, 0.2) is 70.6 Å². The zero-order valence-corrected chi connectivity index (χ0v) is 22.2. The average molecular weight is 562 g/mol. The van der Waals surface area contributed by atoms with E-state index in [1.807, 2.05) is 6.07 Å². The molecule has 0 N–H and O–H groups in total. The zero-order chi connectivity index (χ0) is 25.8. The summed E-state index contributed by atoms with van der Waals surface area (Å²) in [7, 11) is 2.98. The first-order valence-corrected chi connectivity index (χ1v) is 12.5. The molecule has 1 fully saturated rings. The summed E-state index contributed by atoms with van der Waals surface area (Å²) in [5, 5.41) is 1.98. The third kappa shape index (κ3) is 6.05. The van der Waals surface area contributed by atoms with Crippen LogP contribution in [0.1, 0.15) is 21.5 Å². The normalized spacial score (nSPS) is 15.6. The largest absolute Gasteiger partial charge is 0.487 e. The standard InChI is InChI=1S/C26H19Cl3N2O4S/c1-31-24(32)23(36-26(31)30-19-8-5-16(6-9-19)25(33)34-2)12-15-3-10-22(21(29)11-15)35-14-17-4-7-18(27)13-20(17)28/h3-13H,14H2,1-2H3/b23-12-,30-26?. The van der Waals surface area contributed by atoms with Crippen molar-refractivity contribution in [1.82, 2.24) is 4.90 Å². The van der Waals surface area contributed by atoms with Gasteiger partial charge in [-0.2, -0.15) is 0 Å². The number of likely N-dealkylation sites (N-methyl/N-ethyl adjacent to an activating group) is 1. The number of nitrogens with zero attached hydrogens (tertiary/aromatic N) is 2. The fourth-order valence-corrected chi connectivity index (χ4v) is 4.91. The molecule has 3 aromatic carbocycles. The van der Waals surface area contributed by atoms with E-state index in [0.717, 1.165) is 11.1 Å². The number of methoxy groups -OCH3 is 1. The average Bonchev–Trinajstić information content (AvgIpc) is 3.12. The Hall–Kier alpha value is -2.97. The lowest BCUT2D eigenvalue weighted by atomic mass is 10.2. The predicted octanol–water partition coefficient (Wildman–Crippen LogP) is 7.25. The molecule has 0 atom stereocenters. The lowest BCUT2D eigenvalue weighted by Gasteiger charge is -2.10. The van der Waals surface area contributed by atoms with Crippen LogP contribution in [0.3, 0.4) is 0 Å². The van der Waals surface area contributed by atoms with Crippen molar-refractivity contribution in [3.8, 4) is 5.75 Å². The van der Waals surface area contributed by atoms with Crippen LogP contribution in [0.4, 0.5) is 5.69 Å². The number of benzene rings is 3. The molecule has 1 saturated heterocycles. The van der Waals surface area contributed by atoms with Crippen LogP contribution in [0.2, 0.25) is 15.1 Å². The SMILES string of the molecule is COC(=O)c1ccc(N=C2S/C(=C\c3ccc(OCc4ccc(Cl)cc4Cl)c(Cl)c3)C(=O)N2C)cc1. The minimum absolute atomic E-state index is 0.182. The Bertz CT molecular complexity index is 1390. The number of halogens is 3. The molecule has 1 heterocycles. The molecule has 36 heavy (non-hydrogen) atoms. The van der Waals surface area contributed by atoms with Crippen molar-refractivity contribution < 1.29 is 19.1 Å². The maximum atomic E-state index is 12.8. The quantitative estimate of drug-likeness (QED) is 0.234. The summed E-state index contributed by atoms with van der Waals surface area (Å²) in [4.78, 5) is 30.9. The molecular formula is C26H19Cl3N2O4S. The number of thioether (sulfide) groups is 1. The third-order valence-electron chi connectivity index (χ3n) is 5.17. The smallest absolute Gasteiger partial charge is 0.337 e. The van der Waals surface area contributed by atoms with Crippen molar-refractivity contribution >= 4 is 75.4 Å². The van der Waals surface area contributed by atoms with Gasteiger partial charge in [0.25, 0.3) is 5.91 Å². The van der Waals surface area contributed by atoms with Gasteiger partial charge in [-0.05, 0) is 71.9 Å². The summed E-state index contributed by atoms with van der Waals surface area (Å²) in [5.74, 6) is -0.116. The maximum Gasteiger partial charge on any atom is 0.337 e. The van der Waals surface area contributed by atoms with Gasteiger partial charge in [0, 0.05) is 22.7 Å². The fraction of sp³-hybridized carbons (Fsp3) is 0.115. The van der Waals surface area contributed by atoms with Crippen LogP contribution in [0, 0.1) is 0 Å². The second kappa shape index (κ2) is 11.4. The highest BCUT2D eigenvalue weighted by Crippen LogP contribution is 2.35. The van der Waals surface area contributed by atoms with E-state index in [9.17, 15) is 9.59 Å². The molecule has 0 spiro atoms. The monoisotopic (exact) mass is 560 g/mol. The molecule has 0 aliphatic carbocycles. The van der Waals surface area contributed by atoms with E-state index in [4.69, 9.17) is 44.3 Å². The van der Waals surface area contributed by atoms with Gasteiger partial charge in [-0.15, -0.1) is 0 Å². The molecule has 0 aromatic heterocycles. The van der Waals surface area contributed by atoms with Crippen molar-refractivity contribution in [1.29, 1.82) is 0 Å². The van der Waals surface area contributed by atoms with Gasteiger partial charge in [0.1, 0.15) is 12.4 Å². The van der Waals surface area contributed by atoms with Crippen molar-refractivity contribution in [3.05, 3.63) is 97.3 Å². The van der Waals surface area contributed by atoms with Crippen LogP contribution in [-0.2, 0) is 16.1 Å². The Morgan fingerprint density at radius 3 is 2.44 bits per heavy atom.